The largest absolute Gasteiger partial charge is 0.0633 e. The maximum absolute atomic E-state index is 2.49. The van der Waals surface area contributed by atoms with Crippen molar-refractivity contribution in [2.75, 3.05) is 0 Å². The Morgan fingerprint density at radius 3 is 1.50 bits per heavy atom. The Morgan fingerprint density at radius 2 is 1.11 bits per heavy atom. The quantitative estimate of drug-likeness (QED) is 0.610. The van der Waals surface area contributed by atoms with Crippen LogP contribution in [-0.4, -0.2) is 0 Å². The molecule has 0 unspecified atom stereocenters. The molecule has 0 fully saturated rings. The molecule has 0 bridgehead atoms. The van der Waals surface area contributed by atoms with Crippen LogP contribution < -0.4 is 0 Å². The lowest BCUT2D eigenvalue weighted by Crippen LogP contribution is -1.99. The molecule has 96 valence electrons. The van der Waals surface area contributed by atoms with Gasteiger partial charge in [0.2, 0.25) is 0 Å². The first-order chi connectivity index (χ1) is 8.54. The van der Waals surface area contributed by atoms with Gasteiger partial charge in [-0.15, -0.1) is 0 Å². The van der Waals surface area contributed by atoms with E-state index in [1.807, 2.05) is 0 Å². The molecular formula is C18H24. The molecule has 0 nitrogen and oxygen atoms in total. The molecule has 0 heteroatoms. The van der Waals surface area contributed by atoms with Gasteiger partial charge in [-0.2, -0.15) is 0 Å². The van der Waals surface area contributed by atoms with E-state index in [9.17, 15) is 0 Å². The van der Waals surface area contributed by atoms with Gasteiger partial charge in [0.05, 0.1) is 0 Å². The van der Waals surface area contributed by atoms with Crippen molar-refractivity contribution < 1.29 is 0 Å². The van der Waals surface area contributed by atoms with Crippen molar-refractivity contribution in [1.29, 1.82) is 0 Å². The van der Waals surface area contributed by atoms with Gasteiger partial charge in [-0.25, -0.2) is 0 Å². The van der Waals surface area contributed by atoms with Crippen molar-refractivity contribution in [2.45, 2.75) is 53.4 Å². The zero-order valence-corrected chi connectivity index (χ0v) is 12.1. The van der Waals surface area contributed by atoms with Crippen LogP contribution in [0.4, 0.5) is 0 Å². The topological polar surface area (TPSA) is 0 Å². The predicted molar refractivity (Wildman–Crippen MR) is 78.4 cm³/mol. The molecule has 3 aliphatic rings. The standard InChI is InChI=1S/C18H24/c1-11(2)13-5-15-9-17-7-14(12(3)4)8-18(17)10-16(15)6-13/h5,7,11-12H,6,8-10H2,1-4H3. The lowest BCUT2D eigenvalue weighted by molar-refractivity contribution is 0.730. The van der Waals surface area contributed by atoms with Crippen molar-refractivity contribution in [3.05, 3.63) is 45.6 Å². The van der Waals surface area contributed by atoms with Crippen molar-refractivity contribution >= 4 is 0 Å². The van der Waals surface area contributed by atoms with Gasteiger partial charge < -0.3 is 0 Å². The van der Waals surface area contributed by atoms with Crippen LogP contribution in [0.15, 0.2) is 45.6 Å². The fourth-order valence-corrected chi connectivity index (χ4v) is 3.38. The highest BCUT2D eigenvalue weighted by Crippen LogP contribution is 2.46. The Hall–Kier alpha value is -1.04. The molecule has 0 atom stereocenters. The SMILES string of the molecule is CC(C)C1=CC2=C(C1)CC1=C(C=C(C(C)C)C1)C2. The number of hydrogen-bond donors (Lipinski definition) is 0. The van der Waals surface area contributed by atoms with E-state index in [1.165, 1.54) is 25.7 Å². The van der Waals surface area contributed by atoms with E-state index in [0.717, 1.165) is 0 Å². The summed E-state index contributed by atoms with van der Waals surface area (Å²) in [5, 5.41) is 0. The van der Waals surface area contributed by atoms with Gasteiger partial charge in [-0.1, -0.05) is 62.1 Å². The van der Waals surface area contributed by atoms with Gasteiger partial charge in [0, 0.05) is 0 Å². The zero-order valence-electron chi connectivity index (χ0n) is 12.1. The van der Waals surface area contributed by atoms with Crippen LogP contribution in [0, 0.1) is 11.8 Å². The van der Waals surface area contributed by atoms with E-state index in [1.54, 1.807) is 33.4 Å². The van der Waals surface area contributed by atoms with Gasteiger partial charge in [-0.05, 0) is 48.7 Å². The minimum absolute atomic E-state index is 0.715. The summed E-state index contributed by atoms with van der Waals surface area (Å²) >= 11 is 0. The second kappa shape index (κ2) is 4.26. The molecule has 0 amide bonds. The van der Waals surface area contributed by atoms with E-state index in [-0.39, 0.29) is 0 Å². The summed E-state index contributed by atoms with van der Waals surface area (Å²) < 4.78 is 0. The summed E-state index contributed by atoms with van der Waals surface area (Å²) in [5.41, 5.74) is 10.0. The molecule has 0 aromatic carbocycles. The van der Waals surface area contributed by atoms with Crippen LogP contribution >= 0.6 is 0 Å². The summed E-state index contributed by atoms with van der Waals surface area (Å²) in [6, 6.07) is 0. The van der Waals surface area contributed by atoms with Crippen LogP contribution in [0.25, 0.3) is 0 Å². The predicted octanol–water partition coefficient (Wildman–Crippen LogP) is 5.35. The van der Waals surface area contributed by atoms with E-state index in [0.29, 0.717) is 11.8 Å². The lowest BCUT2D eigenvalue weighted by atomic mass is 9.88. The first-order valence-corrected chi connectivity index (χ1v) is 7.37. The van der Waals surface area contributed by atoms with E-state index in [4.69, 9.17) is 0 Å². The van der Waals surface area contributed by atoms with Gasteiger partial charge >= 0.3 is 0 Å². The Morgan fingerprint density at radius 1 is 0.667 bits per heavy atom. The Kier molecular flexibility index (Phi) is 2.84. The third-order valence-electron chi connectivity index (χ3n) is 4.75. The lowest BCUT2D eigenvalue weighted by Gasteiger charge is -2.17. The molecule has 0 aliphatic heterocycles. The van der Waals surface area contributed by atoms with E-state index >= 15 is 0 Å². The van der Waals surface area contributed by atoms with E-state index < -0.39 is 0 Å². The van der Waals surface area contributed by atoms with Crippen LogP contribution in [0.1, 0.15) is 53.4 Å². The number of allylic oxidation sites excluding steroid dienone is 8. The van der Waals surface area contributed by atoms with Crippen molar-refractivity contribution in [2.24, 2.45) is 11.8 Å². The molecule has 3 rings (SSSR count). The number of rotatable bonds is 2. The van der Waals surface area contributed by atoms with Gasteiger partial charge in [0.25, 0.3) is 0 Å². The Bertz CT molecular complexity index is 458. The first-order valence-electron chi connectivity index (χ1n) is 7.37. The van der Waals surface area contributed by atoms with Gasteiger partial charge in [-0.3, -0.25) is 0 Å². The maximum atomic E-state index is 2.49. The Balaban J connectivity index is 1.78. The summed E-state index contributed by atoms with van der Waals surface area (Å²) in [5.74, 6) is 1.43. The molecule has 0 N–H and O–H groups in total. The summed E-state index contributed by atoms with van der Waals surface area (Å²) in [6.07, 6.45) is 9.94. The molecular weight excluding hydrogens is 216 g/mol. The van der Waals surface area contributed by atoms with Crippen molar-refractivity contribution in [1.82, 2.24) is 0 Å². The fraction of sp³-hybridized carbons (Fsp3) is 0.556. The van der Waals surface area contributed by atoms with Crippen LogP contribution in [0.5, 0.6) is 0 Å². The average molecular weight is 240 g/mol. The maximum Gasteiger partial charge on any atom is -0.00262 e. The summed E-state index contributed by atoms with van der Waals surface area (Å²) in [6.45, 7) is 9.29. The molecule has 0 saturated heterocycles. The fourth-order valence-electron chi connectivity index (χ4n) is 3.38. The molecule has 0 aromatic rings. The Labute approximate surface area is 111 Å². The molecule has 18 heavy (non-hydrogen) atoms. The average Bonchev–Trinajstić information content (AvgIpc) is 2.87. The molecule has 0 spiro atoms. The van der Waals surface area contributed by atoms with Crippen molar-refractivity contribution in [3.63, 3.8) is 0 Å². The smallest absolute Gasteiger partial charge is 0.00262 e. The van der Waals surface area contributed by atoms with E-state index in [2.05, 4.69) is 39.8 Å². The first kappa shape index (κ1) is 12.0. The minimum atomic E-state index is 0.715. The number of hydrogen-bond acceptors (Lipinski definition) is 0. The summed E-state index contributed by atoms with van der Waals surface area (Å²) in [7, 11) is 0. The highest BCUT2D eigenvalue weighted by molar-refractivity contribution is 5.54. The van der Waals surface area contributed by atoms with Crippen LogP contribution in [-0.2, 0) is 0 Å². The third-order valence-corrected chi connectivity index (χ3v) is 4.75. The molecule has 0 radical (unpaired) electrons. The van der Waals surface area contributed by atoms with Gasteiger partial charge in [0.1, 0.15) is 0 Å². The minimum Gasteiger partial charge on any atom is -0.0633 e. The molecule has 0 heterocycles. The zero-order chi connectivity index (χ0) is 12.9. The molecule has 3 aliphatic carbocycles. The molecule has 0 saturated carbocycles. The third kappa shape index (κ3) is 1.92. The highest BCUT2D eigenvalue weighted by atomic mass is 14.3. The normalized spacial score (nSPS) is 22.8. The second-order valence-corrected chi connectivity index (χ2v) is 6.71. The monoisotopic (exact) mass is 240 g/mol. The van der Waals surface area contributed by atoms with Crippen molar-refractivity contribution in [3.8, 4) is 0 Å². The van der Waals surface area contributed by atoms with Gasteiger partial charge in [0.15, 0.2) is 0 Å². The molecule has 0 aromatic heterocycles. The second-order valence-electron chi connectivity index (χ2n) is 6.71. The van der Waals surface area contributed by atoms with Crippen LogP contribution in [0.2, 0.25) is 0 Å². The highest BCUT2D eigenvalue weighted by Gasteiger charge is 2.27. The summed E-state index contributed by atoms with van der Waals surface area (Å²) in [4.78, 5) is 0. The van der Waals surface area contributed by atoms with Crippen LogP contribution in [0.3, 0.4) is 0 Å².